The van der Waals surface area contributed by atoms with E-state index in [9.17, 15) is 14.4 Å². The number of amides is 2. The highest BCUT2D eigenvalue weighted by Crippen LogP contribution is 2.29. The lowest BCUT2D eigenvalue weighted by atomic mass is 10.0. The van der Waals surface area contributed by atoms with Gasteiger partial charge in [0.05, 0.1) is 11.4 Å². The summed E-state index contributed by atoms with van der Waals surface area (Å²) in [6.07, 6.45) is 4.82. The van der Waals surface area contributed by atoms with E-state index in [0.717, 1.165) is 25.7 Å². The molecule has 1 N–H and O–H groups in total. The Kier molecular flexibility index (Phi) is 4.60. The number of nitrogens with one attached hydrogen (secondary N) is 1. The number of nitrogens with zero attached hydrogens (tertiary/aromatic N) is 1. The number of hydrogen-bond donors (Lipinski definition) is 1. The summed E-state index contributed by atoms with van der Waals surface area (Å²) in [7, 11) is 0. The molecule has 0 aromatic heterocycles. The molecule has 0 radical (unpaired) electrons. The summed E-state index contributed by atoms with van der Waals surface area (Å²) in [6.45, 7) is -0.386. The first kappa shape index (κ1) is 15.5. The SMILES string of the molecule is O=C1CN(C(=O)COC(=O)CC2CCCC2)c2ccccc2N1. The normalized spacial score (nSPS) is 17.6. The van der Waals surface area contributed by atoms with Gasteiger partial charge in [-0.25, -0.2) is 0 Å². The van der Waals surface area contributed by atoms with E-state index in [1.165, 1.54) is 4.90 Å². The van der Waals surface area contributed by atoms with E-state index in [2.05, 4.69) is 5.32 Å². The molecule has 3 rings (SSSR count). The first-order valence-electron chi connectivity index (χ1n) is 7.98. The minimum atomic E-state index is -0.382. The Morgan fingerprint density at radius 3 is 2.74 bits per heavy atom. The van der Waals surface area contributed by atoms with Gasteiger partial charge in [0, 0.05) is 6.42 Å². The Hall–Kier alpha value is -2.37. The highest BCUT2D eigenvalue weighted by atomic mass is 16.5. The fraction of sp³-hybridized carbons (Fsp3) is 0.471. The predicted molar refractivity (Wildman–Crippen MR) is 85.0 cm³/mol. The molecule has 0 unspecified atom stereocenters. The number of fused-ring (bicyclic) bond motifs is 1. The number of anilines is 2. The van der Waals surface area contributed by atoms with Gasteiger partial charge in [-0.2, -0.15) is 0 Å². The van der Waals surface area contributed by atoms with Crippen LogP contribution < -0.4 is 10.2 Å². The maximum absolute atomic E-state index is 12.3. The number of ether oxygens (including phenoxy) is 1. The highest BCUT2D eigenvalue weighted by molar-refractivity contribution is 6.10. The molecule has 122 valence electrons. The van der Waals surface area contributed by atoms with E-state index >= 15 is 0 Å². The zero-order valence-electron chi connectivity index (χ0n) is 12.9. The number of rotatable bonds is 4. The fourth-order valence-corrected chi connectivity index (χ4v) is 3.19. The van der Waals surface area contributed by atoms with Crippen LogP contribution in [0.3, 0.4) is 0 Å². The molecule has 0 spiro atoms. The predicted octanol–water partition coefficient (Wildman–Crippen LogP) is 2.10. The van der Waals surface area contributed by atoms with E-state index in [4.69, 9.17) is 4.74 Å². The maximum Gasteiger partial charge on any atom is 0.306 e. The van der Waals surface area contributed by atoms with Crippen LogP contribution in [0.4, 0.5) is 11.4 Å². The molecule has 1 saturated carbocycles. The summed E-state index contributed by atoms with van der Waals surface area (Å²) in [4.78, 5) is 37.2. The molecule has 2 aliphatic rings. The third-order valence-electron chi connectivity index (χ3n) is 4.36. The van der Waals surface area contributed by atoms with Crippen molar-refractivity contribution in [3.63, 3.8) is 0 Å². The number of hydrogen-bond acceptors (Lipinski definition) is 4. The molecule has 1 aromatic rings. The summed E-state index contributed by atoms with van der Waals surface area (Å²) < 4.78 is 5.11. The van der Waals surface area contributed by atoms with Crippen LogP contribution in [0.2, 0.25) is 0 Å². The second kappa shape index (κ2) is 6.81. The lowest BCUT2D eigenvalue weighted by Crippen LogP contribution is -2.44. The van der Waals surface area contributed by atoms with Crippen molar-refractivity contribution in [3.05, 3.63) is 24.3 Å². The summed E-state index contributed by atoms with van der Waals surface area (Å²) >= 11 is 0. The van der Waals surface area contributed by atoms with Gasteiger partial charge in [-0.05, 0) is 30.9 Å². The van der Waals surface area contributed by atoms with Crippen molar-refractivity contribution >= 4 is 29.2 Å². The van der Waals surface area contributed by atoms with Crippen molar-refractivity contribution in [2.24, 2.45) is 5.92 Å². The van der Waals surface area contributed by atoms with Gasteiger partial charge in [-0.15, -0.1) is 0 Å². The topological polar surface area (TPSA) is 75.7 Å². The standard InChI is InChI=1S/C17H20N2O4/c20-15-10-19(14-8-4-3-7-13(14)18-15)16(21)11-23-17(22)9-12-5-1-2-6-12/h3-4,7-8,12H,1-2,5-6,9-11H2,(H,18,20). The van der Waals surface area contributed by atoms with Crippen LogP contribution in [0.15, 0.2) is 24.3 Å². The lowest BCUT2D eigenvalue weighted by Gasteiger charge is -2.28. The molecule has 0 bridgehead atoms. The Morgan fingerprint density at radius 2 is 1.96 bits per heavy atom. The van der Waals surface area contributed by atoms with Gasteiger partial charge in [0.2, 0.25) is 5.91 Å². The maximum atomic E-state index is 12.3. The van der Waals surface area contributed by atoms with Crippen LogP contribution in [-0.2, 0) is 19.1 Å². The van der Waals surface area contributed by atoms with Crippen LogP contribution in [-0.4, -0.2) is 30.9 Å². The molecule has 2 amide bonds. The largest absolute Gasteiger partial charge is 0.456 e. The first-order valence-corrected chi connectivity index (χ1v) is 7.98. The third kappa shape index (κ3) is 3.70. The minimum Gasteiger partial charge on any atom is -0.456 e. The fourth-order valence-electron chi connectivity index (χ4n) is 3.19. The average Bonchev–Trinajstić information content (AvgIpc) is 3.04. The van der Waals surface area contributed by atoms with Crippen molar-refractivity contribution in [2.75, 3.05) is 23.4 Å². The van der Waals surface area contributed by atoms with Crippen molar-refractivity contribution in [3.8, 4) is 0 Å². The molecule has 1 fully saturated rings. The lowest BCUT2D eigenvalue weighted by molar-refractivity contribution is -0.148. The van der Waals surface area contributed by atoms with E-state index in [1.807, 2.05) is 0 Å². The van der Waals surface area contributed by atoms with Gasteiger partial charge >= 0.3 is 5.97 Å². The van der Waals surface area contributed by atoms with Gasteiger partial charge in [0.1, 0.15) is 6.54 Å². The Bertz CT molecular complexity index is 623. The molecule has 6 nitrogen and oxygen atoms in total. The van der Waals surface area contributed by atoms with Crippen LogP contribution >= 0.6 is 0 Å². The quantitative estimate of drug-likeness (QED) is 0.863. The minimum absolute atomic E-state index is 0.0595. The van der Waals surface area contributed by atoms with Crippen LogP contribution in [0.1, 0.15) is 32.1 Å². The number of carbonyl (C=O) groups excluding carboxylic acids is 3. The van der Waals surface area contributed by atoms with Gasteiger partial charge in [-0.3, -0.25) is 19.3 Å². The molecule has 23 heavy (non-hydrogen) atoms. The van der Waals surface area contributed by atoms with Crippen LogP contribution in [0, 0.1) is 5.92 Å². The van der Waals surface area contributed by atoms with Crippen molar-refractivity contribution in [1.29, 1.82) is 0 Å². The molecule has 1 aliphatic carbocycles. The molecule has 0 atom stereocenters. The summed E-state index contributed by atoms with van der Waals surface area (Å²) in [5, 5.41) is 2.72. The average molecular weight is 316 g/mol. The Balaban J connectivity index is 1.57. The van der Waals surface area contributed by atoms with Crippen LogP contribution in [0.5, 0.6) is 0 Å². The summed E-state index contributed by atoms with van der Waals surface area (Å²) in [5.41, 5.74) is 1.22. The number of carbonyl (C=O) groups is 3. The Labute approximate surface area is 134 Å². The molecule has 1 heterocycles. The Morgan fingerprint density at radius 1 is 1.22 bits per heavy atom. The molecule has 0 saturated heterocycles. The monoisotopic (exact) mass is 316 g/mol. The van der Waals surface area contributed by atoms with E-state index < -0.39 is 0 Å². The zero-order chi connectivity index (χ0) is 16.2. The number of esters is 1. The van der Waals surface area contributed by atoms with E-state index in [1.54, 1.807) is 24.3 Å². The molecular formula is C17H20N2O4. The van der Waals surface area contributed by atoms with E-state index in [-0.39, 0.29) is 30.9 Å². The first-order chi connectivity index (χ1) is 11.1. The molecule has 6 heteroatoms. The zero-order valence-corrected chi connectivity index (χ0v) is 12.9. The van der Waals surface area contributed by atoms with Crippen LogP contribution in [0.25, 0.3) is 0 Å². The molecule has 1 aliphatic heterocycles. The smallest absolute Gasteiger partial charge is 0.306 e. The van der Waals surface area contributed by atoms with Gasteiger partial charge < -0.3 is 10.1 Å². The summed E-state index contributed by atoms with van der Waals surface area (Å²) in [6, 6.07) is 7.07. The second-order valence-electron chi connectivity index (χ2n) is 6.06. The molecular weight excluding hydrogens is 296 g/mol. The third-order valence-corrected chi connectivity index (χ3v) is 4.36. The summed E-state index contributed by atoms with van der Waals surface area (Å²) in [5.74, 6) is -0.583. The number of para-hydroxylation sites is 2. The van der Waals surface area contributed by atoms with Gasteiger partial charge in [-0.1, -0.05) is 25.0 Å². The second-order valence-corrected chi connectivity index (χ2v) is 6.06. The highest BCUT2D eigenvalue weighted by Gasteiger charge is 2.27. The number of benzene rings is 1. The van der Waals surface area contributed by atoms with Crippen molar-refractivity contribution in [1.82, 2.24) is 0 Å². The van der Waals surface area contributed by atoms with Crippen molar-refractivity contribution < 1.29 is 19.1 Å². The van der Waals surface area contributed by atoms with E-state index in [0.29, 0.717) is 23.7 Å². The van der Waals surface area contributed by atoms with Gasteiger partial charge in [0.25, 0.3) is 5.91 Å². The van der Waals surface area contributed by atoms with Gasteiger partial charge in [0.15, 0.2) is 6.61 Å². The van der Waals surface area contributed by atoms with Crippen molar-refractivity contribution in [2.45, 2.75) is 32.1 Å². The molecule has 1 aromatic carbocycles.